The first-order chi connectivity index (χ1) is 19.4. The molecule has 1 aromatic rings. The highest BCUT2D eigenvalue weighted by molar-refractivity contribution is 5.84. The average molecular weight is 569 g/mol. The fraction of sp³-hybridized carbons (Fsp3) is 0.600. The zero-order chi connectivity index (χ0) is 29.5. The quantitative estimate of drug-likeness (QED) is 0.257. The van der Waals surface area contributed by atoms with Gasteiger partial charge < -0.3 is 25.4 Å². The highest BCUT2D eigenvalue weighted by Gasteiger charge is 2.58. The average Bonchev–Trinajstić information content (AvgIpc) is 3.25. The van der Waals surface area contributed by atoms with Crippen LogP contribution in [0, 0.1) is 38.7 Å². The van der Waals surface area contributed by atoms with E-state index in [0.29, 0.717) is 17.8 Å². The first-order valence-corrected chi connectivity index (χ1v) is 14.3. The lowest BCUT2D eigenvalue weighted by atomic mass is 9.48. The first-order valence-electron chi connectivity index (χ1n) is 14.3. The molecule has 8 atom stereocenters. The number of fused-ring (bicyclic) bond motifs is 5. The number of allylic oxidation sites excluding steroid dienone is 3. The van der Waals surface area contributed by atoms with E-state index in [9.17, 15) is 35.0 Å². The third-order valence-corrected chi connectivity index (χ3v) is 10.5. The minimum atomic E-state index is -1.83. The van der Waals surface area contributed by atoms with Crippen LogP contribution < -0.4 is 15.9 Å². The van der Waals surface area contributed by atoms with E-state index in [4.69, 9.17) is 4.84 Å². The van der Waals surface area contributed by atoms with Crippen LogP contribution in [0.3, 0.4) is 0 Å². The fourth-order valence-corrected chi connectivity index (χ4v) is 8.14. The highest BCUT2D eigenvalue weighted by atomic mass is 16.6. The van der Waals surface area contributed by atoms with Crippen molar-refractivity contribution >= 4 is 17.6 Å². The molecule has 0 aliphatic heterocycles. The van der Waals surface area contributed by atoms with Crippen molar-refractivity contribution in [3.05, 3.63) is 63.4 Å². The van der Waals surface area contributed by atoms with Gasteiger partial charge in [0.25, 0.3) is 5.69 Å². The van der Waals surface area contributed by atoms with E-state index >= 15 is 0 Å². The maximum Gasteiger partial charge on any atom is 0.269 e. The molecule has 0 bridgehead atoms. The number of nitrogens with zero attached hydrogens (tertiary/aromatic N) is 1. The normalized spacial score (nSPS) is 33.7. The van der Waals surface area contributed by atoms with Crippen LogP contribution in [0.15, 0.2) is 47.7 Å². The van der Waals surface area contributed by atoms with Crippen molar-refractivity contribution in [3.8, 4) is 0 Å². The van der Waals surface area contributed by atoms with Gasteiger partial charge in [-0.2, -0.15) is 0 Å². The van der Waals surface area contributed by atoms with Crippen LogP contribution in [0.2, 0.25) is 0 Å². The number of carbonyl (C=O) groups excluding carboxylic acids is 2. The lowest BCUT2D eigenvalue weighted by molar-refractivity contribution is -0.385. The maximum atomic E-state index is 12.4. The summed E-state index contributed by atoms with van der Waals surface area (Å²) in [6.07, 6.45) is 9.29. The summed E-state index contributed by atoms with van der Waals surface area (Å²) < 4.78 is 0. The van der Waals surface area contributed by atoms with Crippen LogP contribution in [-0.4, -0.2) is 45.8 Å². The second-order valence-corrected chi connectivity index (χ2v) is 12.6. The molecule has 0 spiro atoms. The molecule has 41 heavy (non-hydrogen) atoms. The van der Waals surface area contributed by atoms with Crippen LogP contribution in [0.1, 0.15) is 70.5 Å². The van der Waals surface area contributed by atoms with E-state index in [2.05, 4.69) is 36.8 Å². The number of hydrogen-bond donors (Lipinski definition) is 4. The Morgan fingerprint density at radius 3 is 2.71 bits per heavy atom. The molecular formula is C30H38N3O8-. The second kappa shape index (κ2) is 11.2. The summed E-state index contributed by atoms with van der Waals surface area (Å²) in [5.41, 5.74) is 4.60. The largest absolute Gasteiger partial charge is 0.548 e. The number of aliphatic hydroxyl groups is 2. The summed E-state index contributed by atoms with van der Waals surface area (Å²) in [5.74, 6) is -0.802. The Labute approximate surface area is 238 Å². The molecule has 11 heteroatoms. The van der Waals surface area contributed by atoms with Crippen molar-refractivity contribution < 1.29 is 34.7 Å². The molecule has 0 aromatic heterocycles. The van der Waals surface area contributed by atoms with Crippen LogP contribution in [0.4, 0.5) is 5.69 Å². The molecule has 0 radical (unpaired) electrons. The topological polar surface area (TPSA) is 174 Å². The van der Waals surface area contributed by atoms with Gasteiger partial charge in [-0.3, -0.25) is 25.2 Å². The van der Waals surface area contributed by atoms with Crippen LogP contribution in [0.25, 0.3) is 0 Å². The van der Waals surface area contributed by atoms with Gasteiger partial charge >= 0.3 is 0 Å². The number of aliphatic carboxylic acids is 1. The number of carboxylic acids is 1. The molecule has 0 heterocycles. The van der Waals surface area contributed by atoms with E-state index in [-0.39, 0.29) is 28.2 Å². The number of carbonyl (C=O) groups is 2. The third-order valence-electron chi connectivity index (χ3n) is 10.5. The molecule has 0 saturated heterocycles. The molecule has 3 saturated carbocycles. The molecular weight excluding hydrogens is 530 g/mol. The molecule has 4 aliphatic rings. The minimum absolute atomic E-state index is 0.0369. The number of nitrogens with one attached hydrogen (secondary N) is 2. The second-order valence-electron chi connectivity index (χ2n) is 12.6. The van der Waals surface area contributed by atoms with Crippen LogP contribution in [0.5, 0.6) is 0 Å². The fourth-order valence-electron chi connectivity index (χ4n) is 8.14. The summed E-state index contributed by atoms with van der Waals surface area (Å²) in [7, 11) is 0. The SMILES string of the molecule is C[C@@]12CC[C@@H]3[C@@H](CCC4=CC(NOCC(=O)N[C@H](C(=O)[O-])[C@@H](O)c5cccc([N+](=O)[O-])c5)=CC[C@@]43C)[C@@H]1CC[C@H]2O. The monoisotopic (exact) mass is 568 g/mol. The van der Waals surface area contributed by atoms with Gasteiger partial charge in [-0.15, -0.1) is 0 Å². The van der Waals surface area contributed by atoms with E-state index in [1.54, 1.807) is 0 Å². The van der Waals surface area contributed by atoms with Crippen molar-refractivity contribution in [3.63, 3.8) is 0 Å². The number of hydroxylamine groups is 1. The number of nitro groups is 1. The molecule has 1 aromatic carbocycles. The number of hydrogen-bond acceptors (Lipinski definition) is 9. The van der Waals surface area contributed by atoms with E-state index in [1.165, 1.54) is 23.8 Å². The zero-order valence-corrected chi connectivity index (χ0v) is 23.4. The summed E-state index contributed by atoms with van der Waals surface area (Å²) in [6.45, 7) is 4.09. The van der Waals surface area contributed by atoms with Gasteiger partial charge in [0.1, 0.15) is 6.10 Å². The molecule has 1 amide bonds. The Kier molecular flexibility index (Phi) is 7.97. The number of nitro benzene ring substituents is 1. The van der Waals surface area contributed by atoms with E-state index < -0.39 is 35.6 Å². The number of benzene rings is 1. The van der Waals surface area contributed by atoms with Crippen molar-refractivity contribution in [1.29, 1.82) is 0 Å². The van der Waals surface area contributed by atoms with Gasteiger partial charge in [-0.25, -0.2) is 0 Å². The van der Waals surface area contributed by atoms with E-state index in [0.717, 1.165) is 56.7 Å². The standard InChI is InChI=1S/C30H39N3O8/c1-29-12-10-19(15-18(29)6-7-21-22-8-9-24(34)30(22,2)13-11-23(21)29)32-41-16-25(35)31-26(28(37)38)27(36)17-4-3-5-20(14-17)33(39)40/h3-5,10,14-15,21-24,26-27,32,34,36H,6-9,11-13,16H2,1-2H3,(H,31,35)(H,37,38)/p-1/t21-,22-,23+,24+,26-,27-,29-,30+/m0/s1. The van der Waals surface area contributed by atoms with Gasteiger partial charge in [0.05, 0.1) is 28.7 Å². The van der Waals surface area contributed by atoms with Crippen molar-refractivity contribution in [1.82, 2.24) is 10.8 Å². The van der Waals surface area contributed by atoms with Crippen LogP contribution >= 0.6 is 0 Å². The molecule has 5 rings (SSSR count). The molecule has 4 N–H and O–H groups in total. The van der Waals surface area contributed by atoms with Gasteiger partial charge in [0, 0.05) is 12.1 Å². The zero-order valence-electron chi connectivity index (χ0n) is 23.4. The molecule has 3 fully saturated rings. The van der Waals surface area contributed by atoms with E-state index in [1.807, 2.05) is 0 Å². The number of carboxylic acid groups (broad SMARTS) is 1. The molecule has 11 nitrogen and oxygen atoms in total. The predicted octanol–water partition coefficient (Wildman–Crippen LogP) is 2.20. The summed E-state index contributed by atoms with van der Waals surface area (Å²) >= 11 is 0. The van der Waals surface area contributed by atoms with Crippen molar-refractivity contribution in [2.45, 2.75) is 77.0 Å². The van der Waals surface area contributed by atoms with Gasteiger partial charge in [-0.1, -0.05) is 37.6 Å². The highest BCUT2D eigenvalue weighted by Crippen LogP contribution is 2.65. The summed E-state index contributed by atoms with van der Waals surface area (Å²) in [5, 5.41) is 46.0. The Morgan fingerprint density at radius 1 is 1.20 bits per heavy atom. The number of aliphatic hydroxyl groups excluding tert-OH is 2. The predicted molar refractivity (Wildman–Crippen MR) is 145 cm³/mol. The molecule has 0 unspecified atom stereocenters. The Bertz CT molecular complexity index is 1280. The summed E-state index contributed by atoms with van der Waals surface area (Å²) in [6, 6.07) is 3.05. The van der Waals surface area contributed by atoms with Crippen molar-refractivity contribution in [2.75, 3.05) is 6.61 Å². The third kappa shape index (κ3) is 5.38. The smallest absolute Gasteiger partial charge is 0.269 e. The lowest BCUT2D eigenvalue weighted by Gasteiger charge is -2.57. The van der Waals surface area contributed by atoms with Crippen LogP contribution in [-0.2, 0) is 14.4 Å². The number of rotatable bonds is 9. The molecule has 222 valence electrons. The Hall–Kier alpha value is -3.28. The summed E-state index contributed by atoms with van der Waals surface area (Å²) in [4.78, 5) is 39.8. The Balaban J connectivity index is 1.16. The molecule has 4 aliphatic carbocycles. The lowest BCUT2D eigenvalue weighted by Crippen LogP contribution is -2.52. The number of non-ortho nitro benzene ring substituents is 1. The number of amides is 1. The minimum Gasteiger partial charge on any atom is -0.548 e. The maximum absolute atomic E-state index is 12.4. The van der Waals surface area contributed by atoms with Gasteiger partial charge in [-0.05, 0) is 85.2 Å². The van der Waals surface area contributed by atoms with Gasteiger partial charge in [0.15, 0.2) is 6.61 Å². The van der Waals surface area contributed by atoms with Gasteiger partial charge in [0.2, 0.25) is 5.91 Å². The first kappa shape index (κ1) is 29.2. The Morgan fingerprint density at radius 2 is 1.98 bits per heavy atom. The van der Waals surface area contributed by atoms with Crippen molar-refractivity contribution in [2.24, 2.45) is 28.6 Å².